The number of hydrogen-bond acceptors (Lipinski definition) is 2. The van der Waals surface area contributed by atoms with Gasteiger partial charge < -0.3 is 20.1 Å². The molecule has 0 bridgehead atoms. The molecule has 6 nitrogen and oxygen atoms in total. The summed E-state index contributed by atoms with van der Waals surface area (Å²) < 4.78 is 2.12. The number of carbonyl (C=O) groups excluding carboxylic acids is 1. The third-order valence-electron chi connectivity index (χ3n) is 4.27. The molecule has 0 aliphatic heterocycles. The van der Waals surface area contributed by atoms with Crippen LogP contribution in [0.5, 0.6) is 0 Å². The minimum absolute atomic E-state index is 0. The van der Waals surface area contributed by atoms with E-state index in [0.29, 0.717) is 13.0 Å². The third-order valence-corrected chi connectivity index (χ3v) is 4.27. The van der Waals surface area contributed by atoms with Crippen molar-refractivity contribution in [2.45, 2.75) is 39.8 Å². The molecule has 0 aliphatic carbocycles. The Balaban J connectivity index is 0.00000392. The summed E-state index contributed by atoms with van der Waals surface area (Å²) in [5, 5.41) is 6.25. The van der Waals surface area contributed by atoms with E-state index in [-0.39, 0.29) is 29.9 Å². The van der Waals surface area contributed by atoms with Crippen molar-refractivity contribution in [2.75, 3.05) is 18.9 Å². The number of aryl methyl sites for hydroxylation is 1. The second-order valence-electron chi connectivity index (χ2n) is 6.63. The van der Waals surface area contributed by atoms with Crippen LogP contribution in [0.4, 0.5) is 5.69 Å². The maximum Gasteiger partial charge on any atom is 0.224 e. The number of aliphatic imine (C=N–C) groups is 1. The fourth-order valence-electron chi connectivity index (χ4n) is 2.76. The van der Waals surface area contributed by atoms with Gasteiger partial charge in [-0.15, -0.1) is 24.0 Å². The van der Waals surface area contributed by atoms with E-state index < -0.39 is 0 Å². The van der Waals surface area contributed by atoms with Crippen molar-refractivity contribution >= 4 is 41.5 Å². The van der Waals surface area contributed by atoms with Crippen molar-refractivity contribution < 1.29 is 4.79 Å². The van der Waals surface area contributed by atoms with Gasteiger partial charge in [0, 0.05) is 44.6 Å². The van der Waals surface area contributed by atoms with Crippen molar-refractivity contribution in [1.29, 1.82) is 0 Å². The maximum absolute atomic E-state index is 11.7. The molecule has 2 aromatic rings. The largest absolute Gasteiger partial charge is 0.357 e. The number of amides is 1. The second kappa shape index (κ2) is 12.4. The standard InChI is InChI=1S/C21H31N5O.HI/c1-5-8-20(27)24-18-12-10-17(11-13-18)15-23-21(22-6-2)26(4)16-19-9-7-14-25(19)3;/h7,9-14H,5-6,8,15-16H2,1-4H3,(H,22,23)(H,24,27);1H. The normalized spacial score (nSPS) is 10.9. The Bertz CT molecular complexity index is 754. The highest BCUT2D eigenvalue weighted by Crippen LogP contribution is 2.11. The van der Waals surface area contributed by atoms with E-state index in [1.807, 2.05) is 57.5 Å². The molecule has 0 unspecified atom stereocenters. The highest BCUT2D eigenvalue weighted by Gasteiger charge is 2.08. The molecule has 0 saturated carbocycles. The molecule has 1 aromatic carbocycles. The van der Waals surface area contributed by atoms with E-state index in [4.69, 9.17) is 4.99 Å². The van der Waals surface area contributed by atoms with Crippen LogP contribution in [0, 0.1) is 0 Å². The van der Waals surface area contributed by atoms with E-state index in [0.717, 1.165) is 36.7 Å². The number of guanidine groups is 1. The van der Waals surface area contributed by atoms with E-state index in [1.54, 1.807) is 0 Å². The molecular formula is C21H32IN5O. The van der Waals surface area contributed by atoms with Crippen molar-refractivity contribution in [3.63, 3.8) is 0 Å². The van der Waals surface area contributed by atoms with Crippen LogP contribution < -0.4 is 10.6 Å². The fourth-order valence-corrected chi connectivity index (χ4v) is 2.76. The molecule has 1 amide bonds. The summed E-state index contributed by atoms with van der Waals surface area (Å²) in [4.78, 5) is 18.5. The van der Waals surface area contributed by atoms with Gasteiger partial charge in [-0.25, -0.2) is 4.99 Å². The summed E-state index contributed by atoms with van der Waals surface area (Å²) in [7, 11) is 4.09. The first-order valence-electron chi connectivity index (χ1n) is 9.52. The molecule has 0 saturated heterocycles. The summed E-state index contributed by atoms with van der Waals surface area (Å²) in [5.41, 5.74) is 3.16. The van der Waals surface area contributed by atoms with Gasteiger partial charge >= 0.3 is 0 Å². The van der Waals surface area contributed by atoms with Crippen LogP contribution in [0.25, 0.3) is 0 Å². The van der Waals surface area contributed by atoms with Gasteiger partial charge in [0.05, 0.1) is 13.1 Å². The van der Waals surface area contributed by atoms with Gasteiger partial charge in [-0.2, -0.15) is 0 Å². The molecule has 0 aliphatic rings. The van der Waals surface area contributed by atoms with Crippen LogP contribution >= 0.6 is 24.0 Å². The Hall–Kier alpha value is -2.03. The molecule has 0 radical (unpaired) electrons. The quantitative estimate of drug-likeness (QED) is 0.330. The van der Waals surface area contributed by atoms with Crippen LogP contribution in [0.3, 0.4) is 0 Å². The zero-order chi connectivity index (χ0) is 19.6. The Morgan fingerprint density at radius 3 is 2.46 bits per heavy atom. The number of carbonyl (C=O) groups is 1. The van der Waals surface area contributed by atoms with Gasteiger partial charge in [0.1, 0.15) is 0 Å². The molecule has 7 heteroatoms. The monoisotopic (exact) mass is 497 g/mol. The topological polar surface area (TPSA) is 61.7 Å². The number of aromatic nitrogens is 1. The number of halogens is 1. The first-order valence-corrected chi connectivity index (χ1v) is 9.52. The molecule has 1 heterocycles. The van der Waals surface area contributed by atoms with Crippen LogP contribution in [-0.4, -0.2) is 34.9 Å². The molecule has 154 valence electrons. The first-order chi connectivity index (χ1) is 13.0. The lowest BCUT2D eigenvalue weighted by Crippen LogP contribution is -2.38. The van der Waals surface area contributed by atoms with Gasteiger partial charge in [-0.3, -0.25) is 4.79 Å². The number of rotatable bonds is 8. The third kappa shape index (κ3) is 7.53. The van der Waals surface area contributed by atoms with E-state index >= 15 is 0 Å². The Morgan fingerprint density at radius 2 is 1.89 bits per heavy atom. The van der Waals surface area contributed by atoms with Crippen molar-refractivity contribution in [2.24, 2.45) is 12.0 Å². The van der Waals surface area contributed by atoms with Crippen molar-refractivity contribution in [3.8, 4) is 0 Å². The Morgan fingerprint density at radius 1 is 1.18 bits per heavy atom. The highest BCUT2D eigenvalue weighted by atomic mass is 127. The predicted octanol–water partition coefficient (Wildman–Crippen LogP) is 3.98. The maximum atomic E-state index is 11.7. The SMILES string of the molecule is CCCC(=O)Nc1ccc(CN=C(NCC)N(C)Cc2cccn2C)cc1.I. The van der Waals surface area contributed by atoms with Crippen LogP contribution in [0.2, 0.25) is 0 Å². The molecule has 0 atom stereocenters. The number of hydrogen-bond donors (Lipinski definition) is 2. The number of benzene rings is 1. The zero-order valence-corrected chi connectivity index (χ0v) is 19.6. The molecule has 0 fully saturated rings. The summed E-state index contributed by atoms with van der Waals surface area (Å²) in [6.07, 6.45) is 3.45. The minimum Gasteiger partial charge on any atom is -0.357 e. The van der Waals surface area contributed by atoms with Crippen molar-refractivity contribution in [1.82, 2.24) is 14.8 Å². The van der Waals surface area contributed by atoms with Crippen LogP contribution in [-0.2, 0) is 24.9 Å². The molecule has 2 N–H and O–H groups in total. The van der Waals surface area contributed by atoms with E-state index in [9.17, 15) is 4.79 Å². The highest BCUT2D eigenvalue weighted by molar-refractivity contribution is 14.0. The summed E-state index contributed by atoms with van der Waals surface area (Å²) in [6.45, 7) is 6.26. The minimum atomic E-state index is 0. The van der Waals surface area contributed by atoms with Gasteiger partial charge in [0.25, 0.3) is 0 Å². The average molecular weight is 497 g/mol. The Kier molecular flexibility index (Phi) is 10.7. The van der Waals surface area contributed by atoms with Gasteiger partial charge in [0.15, 0.2) is 5.96 Å². The lowest BCUT2D eigenvalue weighted by molar-refractivity contribution is -0.116. The number of nitrogens with zero attached hydrogens (tertiary/aromatic N) is 3. The van der Waals surface area contributed by atoms with Gasteiger partial charge in [-0.1, -0.05) is 19.1 Å². The summed E-state index contributed by atoms with van der Waals surface area (Å²) >= 11 is 0. The second-order valence-corrected chi connectivity index (χ2v) is 6.63. The lowest BCUT2D eigenvalue weighted by atomic mass is 10.2. The molecule has 28 heavy (non-hydrogen) atoms. The number of nitrogens with one attached hydrogen (secondary N) is 2. The molecule has 2 rings (SSSR count). The van der Waals surface area contributed by atoms with Crippen LogP contribution in [0.15, 0.2) is 47.6 Å². The summed E-state index contributed by atoms with van der Waals surface area (Å²) in [6, 6.07) is 12.0. The first kappa shape index (κ1) is 24.0. The fraction of sp³-hybridized carbons (Fsp3) is 0.429. The van der Waals surface area contributed by atoms with Crippen LogP contribution in [0.1, 0.15) is 37.9 Å². The smallest absolute Gasteiger partial charge is 0.224 e. The molecular weight excluding hydrogens is 465 g/mol. The molecule has 0 spiro atoms. The van der Waals surface area contributed by atoms with E-state index in [2.05, 4.69) is 33.1 Å². The molecule has 1 aromatic heterocycles. The zero-order valence-electron chi connectivity index (χ0n) is 17.2. The van der Waals surface area contributed by atoms with Gasteiger partial charge in [0.2, 0.25) is 5.91 Å². The van der Waals surface area contributed by atoms with E-state index in [1.165, 1.54) is 5.69 Å². The lowest BCUT2D eigenvalue weighted by Gasteiger charge is -2.22. The van der Waals surface area contributed by atoms with Gasteiger partial charge in [-0.05, 0) is 43.2 Å². The average Bonchev–Trinajstić information content (AvgIpc) is 3.04. The number of anilines is 1. The Labute approximate surface area is 185 Å². The van der Waals surface area contributed by atoms with Crippen molar-refractivity contribution in [3.05, 3.63) is 53.9 Å². The summed E-state index contributed by atoms with van der Waals surface area (Å²) in [5.74, 6) is 0.930. The predicted molar refractivity (Wildman–Crippen MR) is 127 cm³/mol.